The first-order valence-electron chi connectivity index (χ1n) is 5.67. The van der Waals surface area contributed by atoms with E-state index in [1.165, 1.54) is 0 Å². The summed E-state index contributed by atoms with van der Waals surface area (Å²) < 4.78 is 4.41. The largest absolute Gasteiger partial charge is 0.312 e. The summed E-state index contributed by atoms with van der Waals surface area (Å²) in [7, 11) is -0.691. The topological polar surface area (TPSA) is 9.86 Å². The average Bonchev–Trinajstić information content (AvgIpc) is 3.05. The van der Waals surface area contributed by atoms with Crippen molar-refractivity contribution >= 4 is 25.1 Å². The molecule has 0 spiro atoms. The van der Waals surface area contributed by atoms with Crippen molar-refractivity contribution in [2.75, 3.05) is 0 Å². The lowest BCUT2D eigenvalue weighted by molar-refractivity contribution is 1.15. The van der Waals surface area contributed by atoms with Crippen LogP contribution in [0.2, 0.25) is 5.02 Å². The molecule has 0 N–H and O–H groups in total. The maximum Gasteiger partial charge on any atom is 0.138 e. The van der Waals surface area contributed by atoms with Crippen LogP contribution < -0.4 is 5.30 Å². The van der Waals surface area contributed by atoms with Crippen LogP contribution in [0.25, 0.3) is 0 Å². The van der Waals surface area contributed by atoms with Gasteiger partial charge in [0.1, 0.15) is 8.22 Å². The zero-order chi connectivity index (χ0) is 12.4. The van der Waals surface area contributed by atoms with Crippen LogP contribution in [0.4, 0.5) is 0 Å². The molecule has 0 aliphatic rings. The molecule has 0 amide bonds. The monoisotopic (exact) mass is 274 g/mol. The van der Waals surface area contributed by atoms with Gasteiger partial charge in [0.25, 0.3) is 0 Å². The summed E-state index contributed by atoms with van der Waals surface area (Å²) in [5, 5.41) is 1.97. The van der Waals surface area contributed by atoms with E-state index in [1.807, 2.05) is 42.5 Å². The molecule has 0 radical (unpaired) electrons. The summed E-state index contributed by atoms with van der Waals surface area (Å²) in [6.07, 6.45) is 8.31. The van der Waals surface area contributed by atoms with Crippen LogP contribution in [-0.4, -0.2) is 8.68 Å². The Morgan fingerprint density at radius 1 is 0.722 bits per heavy atom. The van der Waals surface area contributed by atoms with Crippen molar-refractivity contribution < 1.29 is 0 Å². The number of benzene rings is 1. The Kier molecular flexibility index (Phi) is 3.22. The molecule has 0 aliphatic carbocycles. The molecular weight excluding hydrogens is 263 g/mol. The van der Waals surface area contributed by atoms with Gasteiger partial charge in [-0.3, -0.25) is 0 Å². The second kappa shape index (κ2) is 5.01. The molecule has 0 atom stereocenters. The molecule has 90 valence electrons. The molecule has 18 heavy (non-hydrogen) atoms. The molecule has 2 aromatic heterocycles. The maximum atomic E-state index is 6.34. The first-order chi connectivity index (χ1) is 8.86. The molecule has 0 saturated carbocycles. The fraction of sp³-hybridized carbons (Fsp3) is 0. The van der Waals surface area contributed by atoms with E-state index in [1.54, 1.807) is 0 Å². The minimum Gasteiger partial charge on any atom is -0.312 e. The van der Waals surface area contributed by atoms with Crippen molar-refractivity contribution in [3.8, 4) is 0 Å². The Bertz CT molecular complexity index is 583. The smallest absolute Gasteiger partial charge is 0.138 e. The third kappa shape index (κ3) is 2.10. The van der Waals surface area contributed by atoms with E-state index in [-0.39, 0.29) is 0 Å². The number of hydrogen-bond donors (Lipinski definition) is 0. The van der Waals surface area contributed by atoms with Crippen LogP contribution in [-0.2, 0) is 0 Å². The van der Waals surface area contributed by atoms with E-state index in [4.69, 9.17) is 11.6 Å². The Morgan fingerprint density at radius 2 is 1.22 bits per heavy atom. The Hall–Kier alpha value is -1.50. The summed E-state index contributed by atoms with van der Waals surface area (Å²) in [5.74, 6) is 0. The van der Waals surface area contributed by atoms with Crippen LogP contribution in [0.5, 0.6) is 0 Å². The van der Waals surface area contributed by atoms with Gasteiger partial charge in [-0.2, -0.15) is 0 Å². The minimum absolute atomic E-state index is 0.691. The Balaban J connectivity index is 2.15. The maximum absolute atomic E-state index is 6.34. The van der Waals surface area contributed by atoms with Crippen LogP contribution in [0, 0.1) is 0 Å². The van der Waals surface area contributed by atoms with E-state index in [0.717, 1.165) is 10.3 Å². The van der Waals surface area contributed by atoms with Crippen LogP contribution in [0.3, 0.4) is 0 Å². The number of aromatic nitrogens is 2. The van der Waals surface area contributed by atoms with Gasteiger partial charge in [0, 0.05) is 30.1 Å². The quantitative estimate of drug-likeness (QED) is 0.640. The summed E-state index contributed by atoms with van der Waals surface area (Å²) in [5.41, 5.74) is 0. The lowest BCUT2D eigenvalue weighted by atomic mass is 10.4. The van der Waals surface area contributed by atoms with Gasteiger partial charge in [0.05, 0.1) is 5.02 Å². The zero-order valence-corrected chi connectivity index (χ0v) is 11.3. The van der Waals surface area contributed by atoms with Crippen LogP contribution >= 0.6 is 19.8 Å². The molecule has 0 unspecified atom stereocenters. The molecular formula is C14H12ClN2P. The third-order valence-corrected chi connectivity index (χ3v) is 5.37. The number of hydrogen-bond acceptors (Lipinski definition) is 0. The van der Waals surface area contributed by atoms with Crippen molar-refractivity contribution in [2.45, 2.75) is 0 Å². The molecule has 0 saturated heterocycles. The van der Waals surface area contributed by atoms with Crippen molar-refractivity contribution in [3.05, 3.63) is 78.3 Å². The lowest BCUT2D eigenvalue weighted by Crippen LogP contribution is -2.12. The van der Waals surface area contributed by atoms with Gasteiger partial charge in [-0.05, 0) is 36.4 Å². The fourth-order valence-electron chi connectivity index (χ4n) is 1.89. The highest BCUT2D eigenvalue weighted by Crippen LogP contribution is 2.40. The first kappa shape index (κ1) is 11.6. The highest BCUT2D eigenvalue weighted by atomic mass is 35.5. The highest BCUT2D eigenvalue weighted by Gasteiger charge is 2.17. The standard InChI is InChI=1S/C14H12ClN2P/c15-13-7-1-2-8-14(13)18(16-9-3-4-10-16)17-11-5-6-12-17/h1-12H. The third-order valence-electron chi connectivity index (χ3n) is 2.68. The Labute approximate surface area is 112 Å². The van der Waals surface area contributed by atoms with E-state index in [2.05, 4.69) is 39.5 Å². The van der Waals surface area contributed by atoms with E-state index < -0.39 is 8.22 Å². The summed E-state index contributed by atoms with van der Waals surface area (Å²) in [6, 6.07) is 16.2. The number of rotatable bonds is 3. The molecule has 0 bridgehead atoms. The first-order valence-corrected chi connectivity index (χ1v) is 7.30. The van der Waals surface area contributed by atoms with Crippen molar-refractivity contribution in [1.82, 2.24) is 8.68 Å². The van der Waals surface area contributed by atoms with Crippen LogP contribution in [0.1, 0.15) is 0 Å². The highest BCUT2D eigenvalue weighted by molar-refractivity contribution is 7.62. The normalized spacial score (nSPS) is 11.0. The van der Waals surface area contributed by atoms with Gasteiger partial charge in [-0.1, -0.05) is 23.7 Å². The number of halogens is 1. The molecule has 3 rings (SSSR count). The van der Waals surface area contributed by atoms with Crippen LogP contribution in [0.15, 0.2) is 73.3 Å². The lowest BCUT2D eigenvalue weighted by Gasteiger charge is -2.21. The number of nitrogens with zero attached hydrogens (tertiary/aromatic N) is 2. The molecule has 0 fully saturated rings. The summed E-state index contributed by atoms with van der Waals surface area (Å²) >= 11 is 6.34. The van der Waals surface area contributed by atoms with Gasteiger partial charge in [0.15, 0.2) is 0 Å². The van der Waals surface area contributed by atoms with Crippen molar-refractivity contribution in [2.24, 2.45) is 0 Å². The molecule has 3 aromatic rings. The van der Waals surface area contributed by atoms with E-state index in [0.29, 0.717) is 0 Å². The summed E-state index contributed by atoms with van der Waals surface area (Å²) in [6.45, 7) is 0. The van der Waals surface area contributed by atoms with E-state index >= 15 is 0 Å². The van der Waals surface area contributed by atoms with Gasteiger partial charge < -0.3 is 8.68 Å². The molecule has 2 heterocycles. The second-order valence-corrected chi connectivity index (χ2v) is 6.26. The fourth-order valence-corrected chi connectivity index (χ4v) is 4.28. The molecule has 1 aromatic carbocycles. The van der Waals surface area contributed by atoms with Crippen molar-refractivity contribution in [3.63, 3.8) is 0 Å². The summed E-state index contributed by atoms with van der Waals surface area (Å²) in [4.78, 5) is 0. The minimum atomic E-state index is -0.691. The second-order valence-electron chi connectivity index (χ2n) is 3.87. The zero-order valence-electron chi connectivity index (χ0n) is 9.65. The van der Waals surface area contributed by atoms with Gasteiger partial charge in [-0.15, -0.1) is 0 Å². The predicted octanol–water partition coefficient (Wildman–Crippen LogP) is 3.98. The van der Waals surface area contributed by atoms with Gasteiger partial charge in [-0.25, -0.2) is 0 Å². The molecule has 0 aliphatic heterocycles. The molecule has 2 nitrogen and oxygen atoms in total. The molecule has 4 heteroatoms. The van der Waals surface area contributed by atoms with Crippen molar-refractivity contribution in [1.29, 1.82) is 0 Å². The SMILES string of the molecule is Clc1ccccc1P(n1cccc1)n1cccc1. The Morgan fingerprint density at radius 3 is 1.72 bits per heavy atom. The van der Waals surface area contributed by atoms with Gasteiger partial charge >= 0.3 is 0 Å². The van der Waals surface area contributed by atoms with Gasteiger partial charge in [0.2, 0.25) is 0 Å². The predicted molar refractivity (Wildman–Crippen MR) is 77.7 cm³/mol. The average molecular weight is 275 g/mol. The van der Waals surface area contributed by atoms with E-state index in [9.17, 15) is 0 Å².